The summed E-state index contributed by atoms with van der Waals surface area (Å²) in [6, 6.07) is 20.8. The van der Waals surface area contributed by atoms with Crippen molar-refractivity contribution in [1.82, 2.24) is 10.6 Å². The molecule has 22 heavy (non-hydrogen) atoms. The molecule has 0 bridgehead atoms. The summed E-state index contributed by atoms with van der Waals surface area (Å²) in [7, 11) is 1.69. The zero-order valence-corrected chi connectivity index (χ0v) is 13.8. The van der Waals surface area contributed by atoms with Gasteiger partial charge in [0, 0.05) is 13.2 Å². The van der Waals surface area contributed by atoms with Crippen molar-refractivity contribution in [2.24, 2.45) is 0 Å². The van der Waals surface area contributed by atoms with Gasteiger partial charge < -0.3 is 15.4 Å². The fourth-order valence-corrected chi connectivity index (χ4v) is 2.66. The van der Waals surface area contributed by atoms with Crippen molar-refractivity contribution >= 4 is 17.3 Å². The molecule has 4 heteroatoms. The zero-order chi connectivity index (χ0) is 15.8. The van der Waals surface area contributed by atoms with Crippen LogP contribution in [-0.2, 0) is 4.74 Å². The molecular formula is C18H22N2OS. The quantitative estimate of drug-likeness (QED) is 0.802. The topological polar surface area (TPSA) is 33.3 Å². The van der Waals surface area contributed by atoms with Crippen molar-refractivity contribution < 1.29 is 4.74 Å². The maximum Gasteiger partial charge on any atom is 0.167 e. The lowest BCUT2D eigenvalue weighted by atomic mass is 9.99. The molecule has 2 rings (SSSR count). The molecule has 0 saturated carbocycles. The second-order valence-corrected chi connectivity index (χ2v) is 5.64. The average Bonchev–Trinajstić information content (AvgIpc) is 2.54. The van der Waals surface area contributed by atoms with Gasteiger partial charge in [-0.15, -0.1) is 0 Å². The second-order valence-electron chi connectivity index (χ2n) is 5.23. The Balaban J connectivity index is 2.14. The number of hydrogen-bond donors (Lipinski definition) is 2. The minimum atomic E-state index is 0.0251. The largest absolute Gasteiger partial charge is 0.383 e. The number of hydrogen-bond acceptors (Lipinski definition) is 2. The summed E-state index contributed by atoms with van der Waals surface area (Å²) in [4.78, 5) is 0. The van der Waals surface area contributed by atoms with Crippen molar-refractivity contribution in [2.75, 3.05) is 13.7 Å². The van der Waals surface area contributed by atoms with Crippen LogP contribution in [0.25, 0.3) is 0 Å². The lowest BCUT2D eigenvalue weighted by molar-refractivity contribution is 0.179. The van der Waals surface area contributed by atoms with Crippen LogP contribution in [0.15, 0.2) is 60.7 Å². The molecule has 116 valence electrons. The Hall–Kier alpha value is -1.91. The molecule has 1 atom stereocenters. The Kier molecular flexibility index (Phi) is 6.37. The first-order valence-electron chi connectivity index (χ1n) is 7.36. The van der Waals surface area contributed by atoms with Crippen LogP contribution >= 0.6 is 12.2 Å². The molecule has 0 amide bonds. The van der Waals surface area contributed by atoms with E-state index in [1.54, 1.807) is 7.11 Å². The molecule has 0 fully saturated rings. The van der Waals surface area contributed by atoms with Crippen molar-refractivity contribution in [3.05, 3.63) is 71.8 Å². The second kappa shape index (κ2) is 8.51. The molecule has 0 radical (unpaired) electrons. The maximum absolute atomic E-state index is 5.44. The van der Waals surface area contributed by atoms with Crippen molar-refractivity contribution in [1.29, 1.82) is 0 Å². The fraction of sp³-hybridized carbons (Fsp3) is 0.278. The minimum Gasteiger partial charge on any atom is -0.383 e. The van der Waals surface area contributed by atoms with Gasteiger partial charge in [0.05, 0.1) is 12.6 Å². The van der Waals surface area contributed by atoms with Gasteiger partial charge in [-0.2, -0.15) is 0 Å². The van der Waals surface area contributed by atoms with E-state index in [0.29, 0.717) is 11.7 Å². The van der Waals surface area contributed by atoms with Crippen molar-refractivity contribution in [3.8, 4) is 0 Å². The summed E-state index contributed by atoms with van der Waals surface area (Å²) in [5.41, 5.74) is 2.36. The third-order valence-electron chi connectivity index (χ3n) is 3.34. The number of rotatable bonds is 6. The molecule has 0 aliphatic carbocycles. The summed E-state index contributed by atoms with van der Waals surface area (Å²) >= 11 is 5.44. The summed E-state index contributed by atoms with van der Waals surface area (Å²) in [5.74, 6) is 0. The average molecular weight is 314 g/mol. The number of nitrogens with one attached hydrogen (secondary N) is 2. The number of methoxy groups -OCH3 is 1. The Labute approximate surface area is 137 Å². The molecule has 0 aliphatic heterocycles. The molecule has 0 unspecified atom stereocenters. The van der Waals surface area contributed by atoms with E-state index in [4.69, 9.17) is 17.0 Å². The van der Waals surface area contributed by atoms with Gasteiger partial charge in [0.15, 0.2) is 5.11 Å². The van der Waals surface area contributed by atoms with Crippen LogP contribution in [0.5, 0.6) is 0 Å². The van der Waals surface area contributed by atoms with Crippen LogP contribution in [0.4, 0.5) is 0 Å². The highest BCUT2D eigenvalue weighted by molar-refractivity contribution is 7.80. The normalized spacial score (nSPS) is 12.0. The van der Waals surface area contributed by atoms with Gasteiger partial charge in [-0.05, 0) is 30.3 Å². The van der Waals surface area contributed by atoms with Gasteiger partial charge in [0.2, 0.25) is 0 Å². The Bertz CT molecular complexity index is 535. The lowest BCUT2D eigenvalue weighted by Crippen LogP contribution is -2.44. The van der Waals surface area contributed by atoms with Gasteiger partial charge in [0.1, 0.15) is 0 Å². The fourth-order valence-electron chi connectivity index (χ4n) is 2.34. The van der Waals surface area contributed by atoms with E-state index < -0.39 is 0 Å². The molecule has 2 aromatic carbocycles. The van der Waals surface area contributed by atoms with Gasteiger partial charge in [0.25, 0.3) is 0 Å². The van der Waals surface area contributed by atoms with Crippen LogP contribution in [0, 0.1) is 0 Å². The molecule has 0 heterocycles. The van der Waals surface area contributed by atoms with Gasteiger partial charge >= 0.3 is 0 Å². The predicted octanol–water partition coefficient (Wildman–Crippen LogP) is 3.28. The SMILES string of the molecule is COC[C@H](C)NC(=S)NC(c1ccccc1)c1ccccc1. The monoisotopic (exact) mass is 314 g/mol. The van der Waals surface area contributed by atoms with E-state index in [1.807, 2.05) is 43.3 Å². The van der Waals surface area contributed by atoms with E-state index >= 15 is 0 Å². The standard InChI is InChI=1S/C18H22N2OS/c1-14(13-21-2)19-18(22)20-17(15-9-5-3-6-10-15)16-11-7-4-8-12-16/h3-12,14,17H,13H2,1-2H3,(H2,19,20,22)/t14-/m0/s1. The zero-order valence-electron chi connectivity index (χ0n) is 13.0. The first kappa shape index (κ1) is 16.5. The highest BCUT2D eigenvalue weighted by Crippen LogP contribution is 2.21. The Morgan fingerprint density at radius 3 is 1.91 bits per heavy atom. The molecule has 0 aliphatic rings. The van der Waals surface area contributed by atoms with Gasteiger partial charge in [-0.3, -0.25) is 0 Å². The van der Waals surface area contributed by atoms with Crippen LogP contribution in [0.3, 0.4) is 0 Å². The van der Waals surface area contributed by atoms with Crippen LogP contribution in [0.1, 0.15) is 24.1 Å². The first-order valence-corrected chi connectivity index (χ1v) is 7.77. The van der Waals surface area contributed by atoms with E-state index in [9.17, 15) is 0 Å². The maximum atomic E-state index is 5.44. The van der Waals surface area contributed by atoms with Crippen molar-refractivity contribution in [2.45, 2.75) is 19.0 Å². The third-order valence-corrected chi connectivity index (χ3v) is 3.57. The van der Waals surface area contributed by atoms with Crippen LogP contribution in [-0.4, -0.2) is 24.9 Å². The summed E-state index contributed by atoms with van der Waals surface area (Å²) in [6.07, 6.45) is 0. The predicted molar refractivity (Wildman–Crippen MR) is 94.9 cm³/mol. The molecule has 3 nitrogen and oxygen atoms in total. The molecule has 0 spiro atoms. The first-order chi connectivity index (χ1) is 10.7. The minimum absolute atomic E-state index is 0.0251. The number of benzene rings is 2. The number of thiocarbonyl (C=S) groups is 1. The molecule has 2 N–H and O–H groups in total. The van der Waals surface area contributed by atoms with E-state index in [0.717, 1.165) is 0 Å². The molecule has 2 aromatic rings. The highest BCUT2D eigenvalue weighted by atomic mass is 32.1. The van der Waals surface area contributed by atoms with Crippen molar-refractivity contribution in [3.63, 3.8) is 0 Å². The Morgan fingerprint density at radius 2 is 1.45 bits per heavy atom. The molecule has 0 aromatic heterocycles. The smallest absolute Gasteiger partial charge is 0.167 e. The van der Waals surface area contributed by atoms with E-state index in [2.05, 4.69) is 34.9 Å². The lowest BCUT2D eigenvalue weighted by Gasteiger charge is -2.23. The van der Waals surface area contributed by atoms with Crippen LogP contribution < -0.4 is 10.6 Å². The van der Waals surface area contributed by atoms with Crippen LogP contribution in [0.2, 0.25) is 0 Å². The van der Waals surface area contributed by atoms with Gasteiger partial charge in [-0.25, -0.2) is 0 Å². The third kappa shape index (κ3) is 4.83. The van der Waals surface area contributed by atoms with E-state index in [1.165, 1.54) is 11.1 Å². The number of ether oxygens (including phenoxy) is 1. The van der Waals surface area contributed by atoms with E-state index in [-0.39, 0.29) is 12.1 Å². The molecule has 0 saturated heterocycles. The molecular weight excluding hydrogens is 292 g/mol. The van der Waals surface area contributed by atoms with Gasteiger partial charge in [-0.1, -0.05) is 60.7 Å². The summed E-state index contributed by atoms with van der Waals surface area (Å²) < 4.78 is 5.13. The summed E-state index contributed by atoms with van der Waals surface area (Å²) in [6.45, 7) is 2.65. The highest BCUT2D eigenvalue weighted by Gasteiger charge is 2.15. The Morgan fingerprint density at radius 1 is 0.955 bits per heavy atom. The summed E-state index contributed by atoms with van der Waals surface area (Å²) in [5, 5.41) is 7.28.